The molecule has 1 unspecified atom stereocenters. The number of rotatable bonds is 5. The van der Waals surface area contributed by atoms with E-state index in [-0.39, 0.29) is 0 Å². The fraction of sp³-hybridized carbons (Fsp3) is 0. The van der Waals surface area contributed by atoms with E-state index < -0.39 is 0 Å². The van der Waals surface area contributed by atoms with Gasteiger partial charge in [0.2, 0.25) is 0 Å². The monoisotopic (exact) mass is 394 g/mol. The van der Waals surface area contributed by atoms with Crippen LogP contribution in [-0.4, -0.2) is 0 Å². The first-order chi connectivity index (χ1) is 10.8. The molecule has 3 aromatic rings. The van der Waals surface area contributed by atoms with E-state index in [4.69, 9.17) is 0 Å². The van der Waals surface area contributed by atoms with Crippen molar-refractivity contribution in [2.45, 2.75) is 0 Å². The number of benzene rings is 3. The van der Waals surface area contributed by atoms with Gasteiger partial charge in [0.15, 0.2) is 0 Å². The van der Waals surface area contributed by atoms with Crippen molar-refractivity contribution in [3.8, 4) is 0 Å². The van der Waals surface area contributed by atoms with Crippen LogP contribution < -0.4 is 13.8 Å². The molecule has 0 radical (unpaired) electrons. The number of para-hydroxylation sites is 2. The molecule has 0 fully saturated rings. The fourth-order valence-corrected chi connectivity index (χ4v) is 3.81. The summed E-state index contributed by atoms with van der Waals surface area (Å²) in [5.74, 6) is 0. The molecule has 0 saturated carbocycles. The summed E-state index contributed by atoms with van der Waals surface area (Å²) < 4.78 is 4.36. The second-order valence-corrected chi connectivity index (χ2v) is 6.62. The average molecular weight is 394 g/mol. The van der Waals surface area contributed by atoms with Gasteiger partial charge in [0, 0.05) is 0 Å². The quantitative estimate of drug-likeness (QED) is 0.362. The molecule has 0 amide bonds. The number of anilines is 2. The molecular weight excluding hydrogens is 378 g/mol. The van der Waals surface area contributed by atoms with Crippen LogP contribution in [0, 0.1) is 0 Å². The Balaban J connectivity index is 1.93. The topological polar surface area (TPSA) is 6.48 Å². The Hall–Kier alpha value is -1.69. The van der Waals surface area contributed by atoms with Gasteiger partial charge in [-0.25, -0.2) is 0 Å². The molecule has 0 bridgehead atoms. The zero-order valence-electron chi connectivity index (χ0n) is 11.9. The second kappa shape index (κ2) is 7.54. The molecule has 0 aliphatic carbocycles. The van der Waals surface area contributed by atoms with Gasteiger partial charge in [0.05, 0.1) is 0 Å². The fourth-order valence-electron chi connectivity index (χ4n) is 2.07. The number of hydrogen-bond donors (Lipinski definition) is 0. The van der Waals surface area contributed by atoms with E-state index in [0.29, 0.717) is 8.73 Å². The van der Waals surface area contributed by atoms with Crippen molar-refractivity contribution in [1.82, 2.24) is 0 Å². The van der Waals surface area contributed by atoms with Crippen molar-refractivity contribution < 1.29 is 18.5 Å². The third kappa shape index (κ3) is 3.74. The molecule has 3 rings (SSSR count). The molecule has 0 heterocycles. The van der Waals surface area contributed by atoms with Crippen LogP contribution in [0.1, 0.15) is 0 Å². The predicted octanol–water partition coefficient (Wildman–Crippen LogP) is 4.30. The Kier molecular flexibility index (Phi) is 5.21. The van der Waals surface area contributed by atoms with Crippen LogP contribution in [0.15, 0.2) is 91.0 Å². The average Bonchev–Trinajstić information content (AvgIpc) is 2.61. The zero-order chi connectivity index (χ0) is 15.2. The van der Waals surface area contributed by atoms with Crippen molar-refractivity contribution in [3.05, 3.63) is 91.0 Å². The van der Waals surface area contributed by atoms with Crippen molar-refractivity contribution in [2.24, 2.45) is 0 Å². The number of hydrogen-bond acceptors (Lipinski definition) is 2. The summed E-state index contributed by atoms with van der Waals surface area (Å²) in [6.45, 7) is 0. The maximum atomic E-state index is 3.05. The zero-order valence-corrected chi connectivity index (χ0v) is 14.5. The van der Waals surface area contributed by atoms with Crippen LogP contribution in [0.3, 0.4) is 0 Å². The minimum atomic E-state index is 0.511. The van der Waals surface area contributed by atoms with Crippen LogP contribution in [-0.2, 0) is 18.5 Å². The van der Waals surface area contributed by atoms with Crippen molar-refractivity contribution in [2.75, 3.05) is 8.53 Å². The first kappa shape index (κ1) is 15.2. The molecule has 22 heavy (non-hydrogen) atoms. The van der Waals surface area contributed by atoms with E-state index in [0.717, 1.165) is 11.4 Å². The van der Waals surface area contributed by atoms with E-state index in [2.05, 4.69) is 106 Å². The van der Waals surface area contributed by atoms with Crippen molar-refractivity contribution in [3.63, 3.8) is 0 Å². The summed E-state index contributed by atoms with van der Waals surface area (Å²) in [6.07, 6.45) is 0. The summed E-state index contributed by atoms with van der Waals surface area (Å²) in [5.41, 5.74) is 2.29. The normalized spacial score (nSPS) is 10.8. The molecule has 0 N–H and O–H groups in total. The molecule has 0 saturated heterocycles. The molecule has 0 aromatic heterocycles. The van der Waals surface area contributed by atoms with E-state index in [1.807, 2.05) is 12.1 Å². The first-order valence-electron chi connectivity index (χ1n) is 7.00. The number of nitrogens with zero attached hydrogens (tertiary/aromatic N) is 2. The summed E-state index contributed by atoms with van der Waals surface area (Å²) in [7, 11) is 0.511. The number of hydrazine groups is 1. The molecule has 1 atom stereocenters. The van der Waals surface area contributed by atoms with Crippen LogP contribution >= 0.6 is 8.73 Å². The Bertz CT molecular complexity index is 692. The third-order valence-corrected chi connectivity index (χ3v) is 5.44. The van der Waals surface area contributed by atoms with E-state index in [9.17, 15) is 0 Å². The third-order valence-electron chi connectivity index (χ3n) is 3.13. The van der Waals surface area contributed by atoms with E-state index in [1.54, 1.807) is 0 Å². The Morgan fingerprint density at radius 2 is 1.05 bits per heavy atom. The predicted molar refractivity (Wildman–Crippen MR) is 92.2 cm³/mol. The van der Waals surface area contributed by atoms with Gasteiger partial charge in [-0.15, -0.1) is 0 Å². The van der Waals surface area contributed by atoms with Crippen LogP contribution in [0.4, 0.5) is 11.4 Å². The second-order valence-electron chi connectivity index (χ2n) is 4.70. The van der Waals surface area contributed by atoms with Gasteiger partial charge >= 0.3 is 143 Å². The van der Waals surface area contributed by atoms with Gasteiger partial charge in [-0.05, 0) is 0 Å². The van der Waals surface area contributed by atoms with Crippen LogP contribution in [0.2, 0.25) is 0 Å². The Morgan fingerprint density at radius 1 is 0.591 bits per heavy atom. The Labute approximate surface area is 143 Å². The summed E-state index contributed by atoms with van der Waals surface area (Å²) in [4.78, 5) is 0. The molecule has 3 aromatic carbocycles. The van der Waals surface area contributed by atoms with Gasteiger partial charge < -0.3 is 0 Å². The van der Waals surface area contributed by atoms with E-state index in [1.165, 1.54) is 5.30 Å². The SMILES string of the molecule is [Rh][N](c1ccccc1)N(Pc1ccccc1)c1ccccc1. The molecule has 0 aliphatic rings. The molecular formula is C18H16N2PRh. The molecule has 2 nitrogen and oxygen atoms in total. The summed E-state index contributed by atoms with van der Waals surface area (Å²) >= 11 is 3.05. The van der Waals surface area contributed by atoms with Crippen LogP contribution in [0.5, 0.6) is 0 Å². The molecule has 0 aliphatic heterocycles. The Morgan fingerprint density at radius 3 is 1.59 bits per heavy atom. The standard InChI is InChI=1S/C18H16N2P.Rh/c1-4-10-16(11-5-1)19-20(17-12-6-2-7-13-17)21-18-14-8-3-9-15-18;/h1-15,21H;/q-1;+1. The first-order valence-corrected chi connectivity index (χ1v) is 8.68. The van der Waals surface area contributed by atoms with Gasteiger partial charge in [0.25, 0.3) is 0 Å². The molecule has 4 heteroatoms. The summed E-state index contributed by atoms with van der Waals surface area (Å²) in [5, 5.41) is 1.30. The van der Waals surface area contributed by atoms with Gasteiger partial charge in [-0.3, -0.25) is 0 Å². The van der Waals surface area contributed by atoms with Gasteiger partial charge in [-0.1, -0.05) is 0 Å². The van der Waals surface area contributed by atoms with Gasteiger partial charge in [0.1, 0.15) is 0 Å². The maximum absolute atomic E-state index is 3.05. The van der Waals surface area contributed by atoms with E-state index >= 15 is 0 Å². The van der Waals surface area contributed by atoms with Crippen LogP contribution in [0.25, 0.3) is 0 Å². The minimum absolute atomic E-state index is 0.511. The van der Waals surface area contributed by atoms with Crippen molar-refractivity contribution >= 4 is 25.4 Å². The van der Waals surface area contributed by atoms with Crippen molar-refractivity contribution in [1.29, 1.82) is 0 Å². The summed E-state index contributed by atoms with van der Waals surface area (Å²) in [6, 6.07) is 31.3. The molecule has 112 valence electrons. The van der Waals surface area contributed by atoms with Gasteiger partial charge in [-0.2, -0.15) is 0 Å². The molecule has 0 spiro atoms.